The quantitative estimate of drug-likeness (QED) is 0.547. The molecule has 0 spiro atoms. The summed E-state index contributed by atoms with van der Waals surface area (Å²) in [5.41, 5.74) is 2.87. The maximum absolute atomic E-state index is 13.1. The molecule has 4 rings (SSSR count). The summed E-state index contributed by atoms with van der Waals surface area (Å²) in [5, 5.41) is 0. The smallest absolute Gasteiger partial charge is 0.416 e. The van der Waals surface area contributed by atoms with E-state index in [1.54, 1.807) is 0 Å². The van der Waals surface area contributed by atoms with Gasteiger partial charge in [0.1, 0.15) is 0 Å². The molecule has 2 aromatic carbocycles. The van der Waals surface area contributed by atoms with Gasteiger partial charge in [-0.05, 0) is 56.0 Å². The first-order chi connectivity index (χ1) is 14.4. The average molecular weight is 417 g/mol. The van der Waals surface area contributed by atoms with Crippen LogP contribution in [0.4, 0.5) is 13.2 Å². The van der Waals surface area contributed by atoms with Crippen LogP contribution in [0.3, 0.4) is 0 Å². The van der Waals surface area contributed by atoms with Crippen molar-refractivity contribution >= 4 is 6.21 Å². The third kappa shape index (κ3) is 3.80. The number of fused-ring (bicyclic) bond motifs is 3. The van der Waals surface area contributed by atoms with Gasteiger partial charge in [0.05, 0.1) is 24.8 Å². The fourth-order valence-electron chi connectivity index (χ4n) is 4.61. The van der Waals surface area contributed by atoms with Crippen LogP contribution in [0.5, 0.6) is 11.5 Å². The maximum Gasteiger partial charge on any atom is 0.416 e. The average Bonchev–Trinajstić information content (AvgIpc) is 2.74. The Bertz CT molecular complexity index is 935. The number of halogens is 3. The number of nitrogens with zero attached hydrogens (tertiary/aromatic N) is 1. The van der Waals surface area contributed by atoms with Crippen LogP contribution in [0.25, 0.3) is 11.1 Å². The molecule has 0 amide bonds. The lowest BCUT2D eigenvalue weighted by atomic mass is 9.75. The van der Waals surface area contributed by atoms with Gasteiger partial charge in [-0.25, -0.2) is 0 Å². The summed E-state index contributed by atoms with van der Waals surface area (Å²) in [4.78, 5) is 4.81. The van der Waals surface area contributed by atoms with E-state index in [0.29, 0.717) is 36.2 Å². The Morgan fingerprint density at radius 1 is 1.00 bits per heavy atom. The minimum absolute atomic E-state index is 0.263. The SMILES string of the molecule is CCOc1cc2c(c(-c3ccc(C(F)(F)F)cc3)c1OCC)C=N[C@@H]1CCCC[C@H]21. The Morgan fingerprint density at radius 2 is 1.70 bits per heavy atom. The van der Waals surface area contributed by atoms with E-state index in [1.165, 1.54) is 18.6 Å². The number of benzene rings is 2. The molecule has 6 heteroatoms. The van der Waals surface area contributed by atoms with Crippen molar-refractivity contribution in [2.45, 2.75) is 57.7 Å². The van der Waals surface area contributed by atoms with Gasteiger partial charge < -0.3 is 9.47 Å². The van der Waals surface area contributed by atoms with Crippen LogP contribution in [0.1, 0.15) is 62.1 Å². The Hall–Kier alpha value is -2.50. The first kappa shape index (κ1) is 20.8. The van der Waals surface area contributed by atoms with E-state index in [0.717, 1.165) is 48.1 Å². The molecule has 2 aliphatic rings. The normalized spacial score (nSPS) is 20.4. The van der Waals surface area contributed by atoms with Crippen molar-refractivity contribution in [2.75, 3.05) is 13.2 Å². The lowest BCUT2D eigenvalue weighted by Gasteiger charge is -2.34. The van der Waals surface area contributed by atoms with Crippen molar-refractivity contribution in [3.05, 3.63) is 47.0 Å². The van der Waals surface area contributed by atoms with Crippen LogP contribution in [-0.2, 0) is 6.18 Å². The molecule has 1 fully saturated rings. The zero-order valence-corrected chi connectivity index (χ0v) is 17.3. The second kappa shape index (κ2) is 8.32. The van der Waals surface area contributed by atoms with Crippen molar-refractivity contribution in [2.24, 2.45) is 4.99 Å². The number of rotatable bonds is 5. The van der Waals surface area contributed by atoms with Crippen LogP contribution >= 0.6 is 0 Å². The zero-order valence-electron chi connectivity index (χ0n) is 17.3. The third-order valence-electron chi connectivity index (χ3n) is 5.93. The van der Waals surface area contributed by atoms with Crippen LogP contribution in [0.15, 0.2) is 35.3 Å². The van der Waals surface area contributed by atoms with Crippen molar-refractivity contribution < 1.29 is 22.6 Å². The molecule has 1 aliphatic carbocycles. The Labute approximate surface area is 174 Å². The molecule has 0 bridgehead atoms. The predicted octanol–water partition coefficient (Wildman–Crippen LogP) is 6.63. The standard InChI is InChI=1S/C24H26F3NO2/c1-3-29-21-13-18-17-7-5-6-8-20(17)28-14-19(18)22(23(21)30-4-2)15-9-11-16(12-10-15)24(25,26)27/h9-14,17,20H,3-8H2,1-2H3/t17-,20-/m1/s1. The number of hydrogen-bond donors (Lipinski definition) is 0. The number of alkyl halides is 3. The van der Waals surface area contributed by atoms with Crippen molar-refractivity contribution in [1.29, 1.82) is 0 Å². The molecule has 0 N–H and O–H groups in total. The van der Waals surface area contributed by atoms with E-state index in [2.05, 4.69) is 6.07 Å². The molecule has 3 nitrogen and oxygen atoms in total. The van der Waals surface area contributed by atoms with Crippen molar-refractivity contribution in [3.63, 3.8) is 0 Å². The van der Waals surface area contributed by atoms with Gasteiger partial charge in [0.2, 0.25) is 0 Å². The highest BCUT2D eigenvalue weighted by molar-refractivity contribution is 5.97. The highest BCUT2D eigenvalue weighted by atomic mass is 19.4. The first-order valence-corrected chi connectivity index (χ1v) is 10.6. The second-order valence-corrected chi connectivity index (χ2v) is 7.76. The lowest BCUT2D eigenvalue weighted by molar-refractivity contribution is -0.137. The summed E-state index contributed by atoms with van der Waals surface area (Å²) in [7, 11) is 0. The van der Waals surface area contributed by atoms with Gasteiger partial charge in [0, 0.05) is 23.3 Å². The minimum atomic E-state index is -4.37. The van der Waals surface area contributed by atoms with E-state index >= 15 is 0 Å². The number of ether oxygens (including phenoxy) is 2. The zero-order chi connectivity index (χ0) is 21.3. The molecule has 160 valence electrons. The first-order valence-electron chi connectivity index (χ1n) is 10.6. The molecule has 2 atom stereocenters. The Kier molecular flexibility index (Phi) is 5.76. The number of hydrogen-bond acceptors (Lipinski definition) is 3. The Balaban J connectivity index is 1.92. The predicted molar refractivity (Wildman–Crippen MR) is 112 cm³/mol. The molecule has 1 heterocycles. The summed E-state index contributed by atoms with van der Waals surface area (Å²) in [6.07, 6.45) is 1.96. The molecule has 30 heavy (non-hydrogen) atoms. The van der Waals surface area contributed by atoms with Gasteiger partial charge in [-0.1, -0.05) is 25.0 Å². The van der Waals surface area contributed by atoms with Crippen LogP contribution in [-0.4, -0.2) is 25.5 Å². The van der Waals surface area contributed by atoms with Crippen molar-refractivity contribution in [1.82, 2.24) is 0 Å². The molecule has 0 radical (unpaired) electrons. The fraction of sp³-hybridized carbons (Fsp3) is 0.458. The molecular formula is C24H26F3NO2. The van der Waals surface area contributed by atoms with E-state index in [-0.39, 0.29) is 6.04 Å². The van der Waals surface area contributed by atoms with Gasteiger partial charge in [-0.3, -0.25) is 4.99 Å². The summed E-state index contributed by atoms with van der Waals surface area (Å²) in [5.74, 6) is 1.52. The minimum Gasteiger partial charge on any atom is -0.490 e. The maximum atomic E-state index is 13.1. The number of aliphatic imine (C=N–C) groups is 1. The largest absolute Gasteiger partial charge is 0.490 e. The van der Waals surface area contributed by atoms with E-state index < -0.39 is 11.7 Å². The van der Waals surface area contributed by atoms with Crippen molar-refractivity contribution in [3.8, 4) is 22.6 Å². The van der Waals surface area contributed by atoms with Crippen LogP contribution < -0.4 is 9.47 Å². The molecule has 1 saturated carbocycles. The summed E-state index contributed by atoms with van der Waals surface area (Å²) in [6.45, 7) is 4.71. The molecule has 1 aliphatic heterocycles. The summed E-state index contributed by atoms with van der Waals surface area (Å²) >= 11 is 0. The van der Waals surface area contributed by atoms with Gasteiger partial charge in [-0.2, -0.15) is 13.2 Å². The van der Waals surface area contributed by atoms with Crippen LogP contribution in [0, 0.1) is 0 Å². The van der Waals surface area contributed by atoms with E-state index in [1.807, 2.05) is 20.1 Å². The van der Waals surface area contributed by atoms with Gasteiger partial charge in [0.25, 0.3) is 0 Å². The molecule has 0 unspecified atom stereocenters. The fourth-order valence-corrected chi connectivity index (χ4v) is 4.61. The Morgan fingerprint density at radius 3 is 2.37 bits per heavy atom. The van der Waals surface area contributed by atoms with E-state index in [9.17, 15) is 13.2 Å². The topological polar surface area (TPSA) is 30.8 Å². The van der Waals surface area contributed by atoms with Gasteiger partial charge in [-0.15, -0.1) is 0 Å². The highest BCUT2D eigenvalue weighted by Crippen LogP contribution is 2.49. The summed E-state index contributed by atoms with van der Waals surface area (Å²) in [6, 6.07) is 7.59. The highest BCUT2D eigenvalue weighted by Gasteiger charge is 2.34. The second-order valence-electron chi connectivity index (χ2n) is 7.76. The molecule has 0 aromatic heterocycles. The lowest BCUT2D eigenvalue weighted by Crippen LogP contribution is -2.26. The van der Waals surface area contributed by atoms with Gasteiger partial charge >= 0.3 is 6.18 Å². The van der Waals surface area contributed by atoms with Gasteiger partial charge in [0.15, 0.2) is 11.5 Å². The third-order valence-corrected chi connectivity index (χ3v) is 5.93. The van der Waals surface area contributed by atoms with E-state index in [4.69, 9.17) is 14.5 Å². The van der Waals surface area contributed by atoms with Crippen LogP contribution in [0.2, 0.25) is 0 Å². The molecular weight excluding hydrogens is 391 g/mol. The molecule has 0 saturated heterocycles. The monoisotopic (exact) mass is 417 g/mol. The molecule has 2 aromatic rings. The summed E-state index contributed by atoms with van der Waals surface area (Å²) < 4.78 is 51.1.